The molecule has 5 unspecified atom stereocenters. The van der Waals surface area contributed by atoms with E-state index in [4.69, 9.17) is 9.47 Å². The average molecular weight is 238 g/mol. The van der Waals surface area contributed by atoms with Gasteiger partial charge in [-0.2, -0.15) is 0 Å². The number of carbonyl (C=O) groups excluding carboxylic acids is 2. The second-order valence-electron chi connectivity index (χ2n) is 4.89. The van der Waals surface area contributed by atoms with Gasteiger partial charge in [-0.25, -0.2) is 0 Å². The minimum Gasteiger partial charge on any atom is -0.469 e. The number of fused-ring (bicyclic) bond motifs is 2. The molecule has 2 aliphatic rings. The highest BCUT2D eigenvalue weighted by molar-refractivity contribution is 5.83. The standard InChI is InChI=1S/C13H18O4/c1-4-7-5-8-6-9(7)11(13(15)17-3)10(8)12(14)16-2/h4,7-11H,1,5-6H2,2-3H3. The molecule has 2 fully saturated rings. The topological polar surface area (TPSA) is 52.6 Å². The Morgan fingerprint density at radius 1 is 1.12 bits per heavy atom. The van der Waals surface area contributed by atoms with E-state index in [2.05, 4.69) is 6.58 Å². The van der Waals surface area contributed by atoms with Gasteiger partial charge in [0.25, 0.3) is 0 Å². The summed E-state index contributed by atoms with van der Waals surface area (Å²) in [5.74, 6) is -0.503. The van der Waals surface area contributed by atoms with E-state index < -0.39 is 0 Å². The SMILES string of the molecule is C=CC1CC2CC1C(C(=O)OC)C2C(=O)OC. The summed E-state index contributed by atoms with van der Waals surface area (Å²) in [7, 11) is 2.74. The van der Waals surface area contributed by atoms with Gasteiger partial charge in [-0.05, 0) is 30.6 Å². The van der Waals surface area contributed by atoms with Crippen LogP contribution in [-0.2, 0) is 19.1 Å². The maximum atomic E-state index is 11.8. The Kier molecular flexibility index (Phi) is 3.22. The van der Waals surface area contributed by atoms with Crippen LogP contribution in [0.15, 0.2) is 12.7 Å². The van der Waals surface area contributed by atoms with E-state index in [1.165, 1.54) is 14.2 Å². The van der Waals surface area contributed by atoms with Gasteiger partial charge in [0.05, 0.1) is 26.1 Å². The zero-order valence-corrected chi connectivity index (χ0v) is 10.2. The maximum absolute atomic E-state index is 11.8. The van der Waals surface area contributed by atoms with Gasteiger partial charge in [0.15, 0.2) is 0 Å². The molecule has 2 saturated carbocycles. The first-order chi connectivity index (χ1) is 8.13. The molecule has 0 saturated heterocycles. The van der Waals surface area contributed by atoms with Crippen molar-refractivity contribution in [2.45, 2.75) is 12.8 Å². The third-order valence-electron chi connectivity index (χ3n) is 4.31. The minimum atomic E-state index is -0.353. The molecule has 4 heteroatoms. The molecule has 0 N–H and O–H groups in total. The summed E-state index contributed by atoms with van der Waals surface area (Å²) in [6.45, 7) is 3.80. The highest BCUT2D eigenvalue weighted by Crippen LogP contribution is 2.56. The zero-order chi connectivity index (χ0) is 12.6. The Bertz CT molecular complexity index is 349. The van der Waals surface area contributed by atoms with Crippen LogP contribution in [0.4, 0.5) is 0 Å². The molecule has 2 aliphatic carbocycles. The Morgan fingerprint density at radius 3 is 2.24 bits per heavy atom. The van der Waals surface area contributed by atoms with Crippen LogP contribution in [0.2, 0.25) is 0 Å². The Hall–Kier alpha value is -1.32. The van der Waals surface area contributed by atoms with Crippen LogP contribution >= 0.6 is 0 Å². The summed E-state index contributed by atoms with van der Waals surface area (Å²) in [6, 6.07) is 0. The van der Waals surface area contributed by atoms with Crippen molar-refractivity contribution in [1.82, 2.24) is 0 Å². The van der Waals surface area contributed by atoms with Gasteiger partial charge in [-0.15, -0.1) is 6.58 Å². The number of esters is 2. The van der Waals surface area contributed by atoms with Crippen molar-refractivity contribution in [3.8, 4) is 0 Å². The monoisotopic (exact) mass is 238 g/mol. The predicted molar refractivity (Wildman–Crippen MR) is 60.9 cm³/mol. The molecule has 17 heavy (non-hydrogen) atoms. The third-order valence-corrected chi connectivity index (χ3v) is 4.31. The number of hydrogen-bond acceptors (Lipinski definition) is 4. The summed E-state index contributed by atoms with van der Waals surface area (Å²) in [5, 5.41) is 0. The molecule has 0 aromatic carbocycles. The fraction of sp³-hybridized carbons (Fsp3) is 0.692. The zero-order valence-electron chi connectivity index (χ0n) is 10.2. The molecule has 5 atom stereocenters. The largest absolute Gasteiger partial charge is 0.469 e. The molecule has 0 aliphatic heterocycles. The first kappa shape index (κ1) is 12.1. The fourth-order valence-corrected chi connectivity index (χ4v) is 3.61. The van der Waals surface area contributed by atoms with Crippen LogP contribution < -0.4 is 0 Å². The highest BCUT2D eigenvalue weighted by Gasteiger charge is 2.58. The lowest BCUT2D eigenvalue weighted by Gasteiger charge is -2.31. The van der Waals surface area contributed by atoms with Crippen LogP contribution in [0.5, 0.6) is 0 Å². The van der Waals surface area contributed by atoms with E-state index in [1.807, 2.05) is 6.08 Å². The van der Waals surface area contributed by atoms with E-state index in [9.17, 15) is 9.59 Å². The Labute approximate surface area is 101 Å². The molecule has 2 bridgehead atoms. The first-order valence-electron chi connectivity index (χ1n) is 5.92. The molecule has 0 heterocycles. The van der Waals surface area contributed by atoms with Gasteiger partial charge in [0.2, 0.25) is 0 Å². The van der Waals surface area contributed by atoms with E-state index in [0.29, 0.717) is 5.92 Å². The number of hydrogen-bond donors (Lipinski definition) is 0. The van der Waals surface area contributed by atoms with Crippen LogP contribution in [0, 0.1) is 29.6 Å². The first-order valence-corrected chi connectivity index (χ1v) is 5.92. The van der Waals surface area contributed by atoms with E-state index in [-0.39, 0.29) is 35.6 Å². The molecule has 94 valence electrons. The quantitative estimate of drug-likeness (QED) is 0.551. The Morgan fingerprint density at radius 2 is 1.71 bits per heavy atom. The van der Waals surface area contributed by atoms with E-state index in [1.54, 1.807) is 0 Å². The third kappa shape index (κ3) is 1.75. The second-order valence-corrected chi connectivity index (χ2v) is 4.89. The van der Waals surface area contributed by atoms with Gasteiger partial charge in [-0.3, -0.25) is 9.59 Å². The number of allylic oxidation sites excluding steroid dienone is 1. The second kappa shape index (κ2) is 4.51. The van der Waals surface area contributed by atoms with Crippen LogP contribution in [0.1, 0.15) is 12.8 Å². The Balaban J connectivity index is 2.26. The minimum absolute atomic E-state index is 0.189. The summed E-state index contributed by atoms with van der Waals surface area (Å²) < 4.78 is 9.63. The van der Waals surface area contributed by atoms with Crippen molar-refractivity contribution in [2.75, 3.05) is 14.2 Å². The number of methoxy groups -OCH3 is 2. The van der Waals surface area contributed by atoms with Crippen molar-refractivity contribution in [1.29, 1.82) is 0 Å². The predicted octanol–water partition coefficient (Wildman–Crippen LogP) is 1.41. The van der Waals surface area contributed by atoms with E-state index >= 15 is 0 Å². The molecule has 0 aromatic heterocycles. The average Bonchev–Trinajstić information content (AvgIpc) is 2.93. The van der Waals surface area contributed by atoms with Crippen molar-refractivity contribution in [3.05, 3.63) is 12.7 Å². The number of ether oxygens (including phenoxy) is 2. The highest BCUT2D eigenvalue weighted by atomic mass is 16.5. The molecule has 2 rings (SSSR count). The van der Waals surface area contributed by atoms with Gasteiger partial charge in [0, 0.05) is 0 Å². The van der Waals surface area contributed by atoms with Crippen molar-refractivity contribution >= 4 is 11.9 Å². The maximum Gasteiger partial charge on any atom is 0.309 e. The summed E-state index contributed by atoms with van der Waals surface area (Å²) in [6.07, 6.45) is 3.73. The van der Waals surface area contributed by atoms with Gasteiger partial charge < -0.3 is 9.47 Å². The lowest BCUT2D eigenvalue weighted by Crippen LogP contribution is -2.38. The van der Waals surface area contributed by atoms with Crippen molar-refractivity contribution < 1.29 is 19.1 Å². The molecule has 0 amide bonds. The molecular formula is C13H18O4. The fourth-order valence-electron chi connectivity index (χ4n) is 3.61. The molecule has 4 nitrogen and oxygen atoms in total. The summed E-state index contributed by atoms with van der Waals surface area (Å²) in [4.78, 5) is 23.6. The molecule has 0 aromatic rings. The van der Waals surface area contributed by atoms with E-state index in [0.717, 1.165) is 12.8 Å². The van der Waals surface area contributed by atoms with Crippen LogP contribution in [0.3, 0.4) is 0 Å². The lowest BCUT2D eigenvalue weighted by atomic mass is 9.74. The van der Waals surface area contributed by atoms with Crippen LogP contribution in [0.25, 0.3) is 0 Å². The molecule has 0 spiro atoms. The summed E-state index contributed by atoms with van der Waals surface area (Å²) in [5.41, 5.74) is 0. The lowest BCUT2D eigenvalue weighted by molar-refractivity contribution is -0.160. The van der Waals surface area contributed by atoms with Gasteiger partial charge in [0.1, 0.15) is 0 Å². The smallest absolute Gasteiger partial charge is 0.309 e. The molecular weight excluding hydrogens is 220 g/mol. The summed E-state index contributed by atoms with van der Waals surface area (Å²) >= 11 is 0. The molecule has 0 radical (unpaired) electrons. The number of carbonyl (C=O) groups is 2. The van der Waals surface area contributed by atoms with Gasteiger partial charge >= 0.3 is 11.9 Å². The number of rotatable bonds is 3. The van der Waals surface area contributed by atoms with Crippen molar-refractivity contribution in [3.63, 3.8) is 0 Å². The van der Waals surface area contributed by atoms with Crippen molar-refractivity contribution in [2.24, 2.45) is 29.6 Å². The normalized spacial score (nSPS) is 38.8. The van der Waals surface area contributed by atoms with Gasteiger partial charge in [-0.1, -0.05) is 6.08 Å². The van der Waals surface area contributed by atoms with Crippen LogP contribution in [-0.4, -0.2) is 26.2 Å².